The van der Waals surface area contributed by atoms with Crippen LogP contribution in [0.4, 0.5) is 5.69 Å². The molecule has 1 N–H and O–H groups in total. The average molecular weight is 376 g/mol. The third-order valence-corrected chi connectivity index (χ3v) is 3.64. The molecular formula is C18H18BrNO3. The van der Waals surface area contributed by atoms with Gasteiger partial charge in [0.25, 0.3) is 5.91 Å². The van der Waals surface area contributed by atoms with E-state index in [9.17, 15) is 4.79 Å². The Kier molecular flexibility index (Phi) is 5.82. The molecule has 0 aliphatic heterocycles. The summed E-state index contributed by atoms with van der Waals surface area (Å²) in [6.07, 6.45) is 0. The molecule has 1 amide bonds. The van der Waals surface area contributed by atoms with Gasteiger partial charge in [-0.25, -0.2) is 0 Å². The van der Waals surface area contributed by atoms with Crippen LogP contribution in [0, 0.1) is 0 Å². The van der Waals surface area contributed by atoms with Crippen LogP contribution in [-0.4, -0.2) is 19.6 Å². The van der Waals surface area contributed by atoms with Crippen molar-refractivity contribution in [3.8, 4) is 11.5 Å². The first kappa shape index (κ1) is 17.1. The van der Waals surface area contributed by atoms with E-state index in [0.29, 0.717) is 29.4 Å². The molecule has 0 heterocycles. The summed E-state index contributed by atoms with van der Waals surface area (Å²) in [6, 6.07) is 12.5. The number of amides is 1. The van der Waals surface area contributed by atoms with E-state index < -0.39 is 0 Å². The molecule has 0 aliphatic carbocycles. The van der Waals surface area contributed by atoms with E-state index >= 15 is 0 Å². The molecule has 0 aromatic heterocycles. The van der Waals surface area contributed by atoms with Crippen molar-refractivity contribution in [2.45, 2.75) is 6.92 Å². The van der Waals surface area contributed by atoms with Crippen LogP contribution in [0.1, 0.15) is 17.3 Å². The maximum Gasteiger partial charge on any atom is 0.255 e. The molecule has 0 bridgehead atoms. The molecule has 0 fully saturated rings. The first-order chi connectivity index (χ1) is 11.0. The number of rotatable bonds is 6. The minimum absolute atomic E-state index is 0.222. The summed E-state index contributed by atoms with van der Waals surface area (Å²) < 4.78 is 11.5. The average Bonchev–Trinajstić information content (AvgIpc) is 2.53. The van der Waals surface area contributed by atoms with Gasteiger partial charge < -0.3 is 14.8 Å². The van der Waals surface area contributed by atoms with Crippen LogP contribution in [0.5, 0.6) is 11.5 Å². The SMILES string of the molecule is C=C(C)COc1ccccc1NC(=O)c1ccc(OC)c(Br)c1. The minimum Gasteiger partial charge on any atom is -0.496 e. The number of methoxy groups -OCH3 is 1. The number of carbonyl (C=O) groups is 1. The van der Waals surface area contributed by atoms with Crippen LogP contribution >= 0.6 is 15.9 Å². The number of ether oxygens (including phenoxy) is 2. The maximum atomic E-state index is 12.4. The van der Waals surface area contributed by atoms with Crippen molar-refractivity contribution in [2.75, 3.05) is 19.0 Å². The molecule has 120 valence electrons. The molecule has 0 radical (unpaired) electrons. The second-order valence-electron chi connectivity index (χ2n) is 5.05. The molecule has 2 aromatic carbocycles. The van der Waals surface area contributed by atoms with Gasteiger partial charge in [-0.15, -0.1) is 0 Å². The van der Waals surface area contributed by atoms with Crippen molar-refractivity contribution in [2.24, 2.45) is 0 Å². The second-order valence-corrected chi connectivity index (χ2v) is 5.90. The van der Waals surface area contributed by atoms with Crippen molar-refractivity contribution in [3.63, 3.8) is 0 Å². The molecule has 0 aliphatic rings. The van der Waals surface area contributed by atoms with Crippen LogP contribution < -0.4 is 14.8 Å². The quantitative estimate of drug-likeness (QED) is 0.746. The van der Waals surface area contributed by atoms with Crippen molar-refractivity contribution < 1.29 is 14.3 Å². The Labute approximate surface area is 144 Å². The highest BCUT2D eigenvalue weighted by Crippen LogP contribution is 2.28. The van der Waals surface area contributed by atoms with Crippen molar-refractivity contribution in [1.82, 2.24) is 0 Å². The molecule has 0 unspecified atom stereocenters. The summed E-state index contributed by atoms with van der Waals surface area (Å²) in [6.45, 7) is 6.09. The number of carbonyl (C=O) groups excluding carboxylic acids is 1. The fourth-order valence-corrected chi connectivity index (χ4v) is 2.44. The van der Waals surface area contributed by atoms with Crippen molar-refractivity contribution in [3.05, 3.63) is 64.7 Å². The largest absolute Gasteiger partial charge is 0.496 e. The predicted molar refractivity (Wildman–Crippen MR) is 95.4 cm³/mol. The van der Waals surface area contributed by atoms with Gasteiger partial charge in [0.1, 0.15) is 18.1 Å². The van der Waals surface area contributed by atoms with Crippen molar-refractivity contribution in [1.29, 1.82) is 0 Å². The first-order valence-corrected chi connectivity index (χ1v) is 7.81. The maximum absolute atomic E-state index is 12.4. The highest BCUT2D eigenvalue weighted by Gasteiger charge is 2.12. The van der Waals surface area contributed by atoms with Gasteiger partial charge in [-0.2, -0.15) is 0 Å². The van der Waals surface area contributed by atoms with E-state index in [-0.39, 0.29) is 5.91 Å². The molecule has 5 heteroatoms. The van der Waals surface area contributed by atoms with E-state index in [2.05, 4.69) is 27.8 Å². The lowest BCUT2D eigenvalue weighted by molar-refractivity contribution is 0.102. The number of para-hydroxylation sites is 2. The summed E-state index contributed by atoms with van der Waals surface area (Å²) in [5.41, 5.74) is 2.04. The Morgan fingerprint density at radius 1 is 1.22 bits per heavy atom. The molecule has 4 nitrogen and oxygen atoms in total. The van der Waals surface area contributed by atoms with Crippen molar-refractivity contribution >= 4 is 27.5 Å². The van der Waals surface area contributed by atoms with Crippen LogP contribution in [0.15, 0.2) is 59.1 Å². The number of anilines is 1. The number of hydrogen-bond donors (Lipinski definition) is 1. The van der Waals surface area contributed by atoms with Gasteiger partial charge >= 0.3 is 0 Å². The Morgan fingerprint density at radius 3 is 2.61 bits per heavy atom. The minimum atomic E-state index is -0.222. The first-order valence-electron chi connectivity index (χ1n) is 7.02. The number of halogens is 1. The lowest BCUT2D eigenvalue weighted by Gasteiger charge is -2.13. The van der Waals surface area contributed by atoms with E-state index in [4.69, 9.17) is 9.47 Å². The third kappa shape index (κ3) is 4.60. The lowest BCUT2D eigenvalue weighted by Crippen LogP contribution is -2.13. The number of nitrogens with one attached hydrogen (secondary N) is 1. The predicted octanol–water partition coefficient (Wildman–Crippen LogP) is 4.66. The standard InChI is InChI=1S/C18H18BrNO3/c1-12(2)11-23-17-7-5-4-6-15(17)20-18(21)13-8-9-16(22-3)14(19)10-13/h4-10H,1,11H2,2-3H3,(H,20,21). The van der Waals surface area contributed by atoms with Gasteiger partial charge in [-0.1, -0.05) is 18.7 Å². The van der Waals surface area contributed by atoms with Gasteiger partial charge in [-0.05, 0) is 58.8 Å². The zero-order valence-electron chi connectivity index (χ0n) is 13.1. The molecule has 2 aromatic rings. The summed E-state index contributed by atoms with van der Waals surface area (Å²) in [7, 11) is 1.58. The molecule has 0 saturated heterocycles. The third-order valence-electron chi connectivity index (χ3n) is 3.02. The van der Waals surface area contributed by atoms with Gasteiger partial charge in [0.2, 0.25) is 0 Å². The topological polar surface area (TPSA) is 47.6 Å². The van der Waals surface area contributed by atoms with Gasteiger partial charge in [0.15, 0.2) is 0 Å². The Morgan fingerprint density at radius 2 is 1.96 bits per heavy atom. The summed E-state index contributed by atoms with van der Waals surface area (Å²) in [5, 5.41) is 2.86. The summed E-state index contributed by atoms with van der Waals surface area (Å²) >= 11 is 3.38. The van der Waals surface area contributed by atoms with E-state index in [0.717, 1.165) is 10.0 Å². The molecule has 0 spiro atoms. The fraction of sp³-hybridized carbons (Fsp3) is 0.167. The van der Waals surface area contributed by atoms with Gasteiger partial charge in [0.05, 0.1) is 17.3 Å². The van der Waals surface area contributed by atoms with Crippen LogP contribution in [-0.2, 0) is 0 Å². The molecule has 0 saturated carbocycles. The van der Waals surface area contributed by atoms with E-state index in [1.807, 2.05) is 25.1 Å². The highest BCUT2D eigenvalue weighted by atomic mass is 79.9. The molecular weight excluding hydrogens is 358 g/mol. The molecule has 2 rings (SSSR count). The number of benzene rings is 2. The molecule has 23 heavy (non-hydrogen) atoms. The zero-order chi connectivity index (χ0) is 16.8. The second kappa shape index (κ2) is 7.83. The Hall–Kier alpha value is -2.27. The van der Waals surface area contributed by atoms with E-state index in [1.54, 1.807) is 31.4 Å². The van der Waals surface area contributed by atoms with Crippen LogP contribution in [0.2, 0.25) is 0 Å². The van der Waals surface area contributed by atoms with Crippen LogP contribution in [0.25, 0.3) is 0 Å². The Balaban J connectivity index is 2.17. The number of hydrogen-bond acceptors (Lipinski definition) is 3. The summed E-state index contributed by atoms with van der Waals surface area (Å²) in [5.74, 6) is 1.06. The smallest absolute Gasteiger partial charge is 0.255 e. The monoisotopic (exact) mass is 375 g/mol. The van der Waals surface area contributed by atoms with Gasteiger partial charge in [0, 0.05) is 5.56 Å². The fourth-order valence-electron chi connectivity index (χ4n) is 1.90. The lowest BCUT2D eigenvalue weighted by atomic mass is 10.2. The van der Waals surface area contributed by atoms with E-state index in [1.165, 1.54) is 0 Å². The zero-order valence-corrected chi connectivity index (χ0v) is 14.6. The normalized spacial score (nSPS) is 10.0. The Bertz CT molecular complexity index is 728. The molecule has 0 atom stereocenters. The highest BCUT2D eigenvalue weighted by molar-refractivity contribution is 9.10. The van der Waals surface area contributed by atoms with Crippen LogP contribution in [0.3, 0.4) is 0 Å². The van der Waals surface area contributed by atoms with Gasteiger partial charge in [-0.3, -0.25) is 4.79 Å². The summed E-state index contributed by atoms with van der Waals surface area (Å²) in [4.78, 5) is 12.4.